The topological polar surface area (TPSA) is 110 Å². The Hall–Kier alpha value is -3.23. The average Bonchev–Trinajstić information content (AvgIpc) is 2.49. The van der Waals surface area contributed by atoms with Gasteiger partial charge in [0.2, 0.25) is 5.75 Å². The summed E-state index contributed by atoms with van der Waals surface area (Å²) in [7, 11) is 3.25. The molecule has 114 valence electrons. The molecule has 0 radical (unpaired) electrons. The minimum atomic E-state index is -0.673. The number of benzene rings is 1. The number of carbonyl (C=O) groups excluding carboxylic acids is 1. The molecule has 1 N–H and O–H groups in total. The maximum absolute atomic E-state index is 11.5. The molecule has 1 aromatic carbocycles. The first-order chi connectivity index (χ1) is 10.5. The van der Waals surface area contributed by atoms with Crippen LogP contribution in [0.5, 0.6) is 11.5 Å². The first-order valence-corrected chi connectivity index (χ1v) is 6.19. The molecule has 0 aliphatic carbocycles. The second-order valence-corrected chi connectivity index (χ2v) is 4.43. The Kier molecular flexibility index (Phi) is 4.47. The van der Waals surface area contributed by atoms with Gasteiger partial charge in [-0.15, -0.1) is 0 Å². The molecule has 0 unspecified atom stereocenters. The first-order valence-electron chi connectivity index (χ1n) is 6.19. The number of anilines is 1. The van der Waals surface area contributed by atoms with Gasteiger partial charge in [0.05, 0.1) is 11.3 Å². The van der Waals surface area contributed by atoms with E-state index >= 15 is 0 Å². The Bertz CT molecular complexity index is 687. The van der Waals surface area contributed by atoms with Gasteiger partial charge < -0.3 is 25.1 Å². The molecule has 1 heterocycles. The van der Waals surface area contributed by atoms with Gasteiger partial charge in [-0.1, -0.05) is 0 Å². The van der Waals surface area contributed by atoms with Crippen molar-refractivity contribution in [1.29, 1.82) is 0 Å². The number of hydrogen-bond donors (Lipinski definition) is 1. The molecule has 9 nitrogen and oxygen atoms in total. The van der Waals surface area contributed by atoms with E-state index in [0.717, 1.165) is 0 Å². The van der Waals surface area contributed by atoms with Gasteiger partial charge in [0.1, 0.15) is 5.75 Å². The van der Waals surface area contributed by atoms with E-state index in [4.69, 9.17) is 4.74 Å². The maximum Gasteiger partial charge on any atom is 0.433 e. The van der Waals surface area contributed by atoms with Crippen molar-refractivity contribution < 1.29 is 14.5 Å². The zero-order valence-electron chi connectivity index (χ0n) is 11.9. The maximum atomic E-state index is 11.5. The van der Waals surface area contributed by atoms with Crippen molar-refractivity contribution in [2.75, 3.05) is 19.4 Å². The lowest BCUT2D eigenvalue weighted by atomic mass is 10.3. The summed E-state index contributed by atoms with van der Waals surface area (Å²) in [4.78, 5) is 23.0. The second kappa shape index (κ2) is 6.48. The zero-order chi connectivity index (χ0) is 16.1. The SMILES string of the molecule is CN(C)C(=O)Nc1ccc(Oc2ccnnc2[N+](=O)[O-])cc1. The van der Waals surface area contributed by atoms with Gasteiger partial charge in [-0.2, -0.15) is 0 Å². The van der Waals surface area contributed by atoms with E-state index in [2.05, 4.69) is 15.5 Å². The van der Waals surface area contributed by atoms with Crippen LogP contribution in [-0.2, 0) is 0 Å². The van der Waals surface area contributed by atoms with Crippen LogP contribution < -0.4 is 10.1 Å². The van der Waals surface area contributed by atoms with Crippen LogP contribution >= 0.6 is 0 Å². The molecule has 0 saturated carbocycles. The van der Waals surface area contributed by atoms with Gasteiger partial charge in [0.15, 0.2) is 0 Å². The monoisotopic (exact) mass is 303 g/mol. The summed E-state index contributed by atoms with van der Waals surface area (Å²) in [5.41, 5.74) is 0.577. The number of rotatable bonds is 4. The zero-order valence-corrected chi connectivity index (χ0v) is 11.9. The van der Waals surface area contributed by atoms with Crippen LogP contribution in [0, 0.1) is 10.1 Å². The third kappa shape index (κ3) is 3.66. The highest BCUT2D eigenvalue weighted by Gasteiger charge is 2.17. The summed E-state index contributed by atoms with van der Waals surface area (Å²) in [6.45, 7) is 0. The molecule has 1 aromatic heterocycles. The van der Waals surface area contributed by atoms with Gasteiger partial charge >= 0.3 is 11.8 Å². The molecule has 22 heavy (non-hydrogen) atoms. The lowest BCUT2D eigenvalue weighted by molar-refractivity contribution is -0.391. The van der Waals surface area contributed by atoms with Crippen molar-refractivity contribution in [3.63, 3.8) is 0 Å². The van der Waals surface area contributed by atoms with E-state index < -0.39 is 10.7 Å². The third-order valence-electron chi connectivity index (χ3n) is 2.58. The smallest absolute Gasteiger partial charge is 0.433 e. The van der Waals surface area contributed by atoms with Crippen LogP contribution in [0.1, 0.15) is 0 Å². The molecule has 2 rings (SSSR count). The minimum Gasteiger partial charge on any atom is -0.448 e. The molecule has 0 spiro atoms. The molecule has 2 amide bonds. The first kappa shape index (κ1) is 15.2. The summed E-state index contributed by atoms with van der Waals surface area (Å²) in [6.07, 6.45) is 1.30. The van der Waals surface area contributed by atoms with Gasteiger partial charge in [0, 0.05) is 25.8 Å². The van der Waals surface area contributed by atoms with Crippen molar-refractivity contribution in [2.24, 2.45) is 0 Å². The van der Waals surface area contributed by atoms with Crippen LogP contribution in [0.25, 0.3) is 0 Å². The third-order valence-corrected chi connectivity index (χ3v) is 2.58. The van der Waals surface area contributed by atoms with Crippen LogP contribution in [0.15, 0.2) is 36.5 Å². The Morgan fingerprint density at radius 2 is 1.95 bits per heavy atom. The van der Waals surface area contributed by atoms with Crippen molar-refractivity contribution >= 4 is 17.5 Å². The second-order valence-electron chi connectivity index (χ2n) is 4.43. The van der Waals surface area contributed by atoms with Crippen LogP contribution in [-0.4, -0.2) is 40.1 Å². The average molecular weight is 303 g/mol. The molecule has 0 saturated heterocycles. The number of urea groups is 1. The fourth-order valence-corrected chi connectivity index (χ4v) is 1.49. The molecule has 2 aromatic rings. The Morgan fingerprint density at radius 3 is 2.55 bits per heavy atom. The summed E-state index contributed by atoms with van der Waals surface area (Å²) in [5.74, 6) is -0.100. The minimum absolute atomic E-state index is 0.00919. The molecule has 0 aliphatic rings. The number of nitrogens with zero attached hydrogens (tertiary/aromatic N) is 4. The lowest BCUT2D eigenvalue weighted by Gasteiger charge is -2.12. The molecule has 0 bridgehead atoms. The summed E-state index contributed by atoms with van der Waals surface area (Å²) in [6, 6.07) is 7.49. The van der Waals surface area contributed by atoms with E-state index in [9.17, 15) is 14.9 Å². The van der Waals surface area contributed by atoms with Crippen molar-refractivity contribution in [3.05, 3.63) is 46.6 Å². The van der Waals surface area contributed by atoms with E-state index in [-0.39, 0.29) is 11.8 Å². The fourth-order valence-electron chi connectivity index (χ4n) is 1.49. The molecule has 0 fully saturated rings. The summed E-state index contributed by atoms with van der Waals surface area (Å²) in [5, 5.41) is 20.3. The highest BCUT2D eigenvalue weighted by molar-refractivity contribution is 5.88. The predicted octanol–water partition coefficient (Wildman–Crippen LogP) is 2.27. The van der Waals surface area contributed by atoms with Gasteiger partial charge in [0.25, 0.3) is 0 Å². The summed E-state index contributed by atoms with van der Waals surface area (Å²) >= 11 is 0. The Morgan fingerprint density at radius 1 is 1.27 bits per heavy atom. The Labute approximate surface area is 125 Å². The van der Waals surface area contributed by atoms with E-state index in [1.807, 2.05) is 0 Å². The van der Waals surface area contributed by atoms with E-state index in [1.165, 1.54) is 17.2 Å². The summed E-state index contributed by atoms with van der Waals surface area (Å²) < 4.78 is 5.41. The molecule has 0 aliphatic heterocycles. The fraction of sp³-hybridized carbons (Fsp3) is 0.154. The lowest BCUT2D eigenvalue weighted by Crippen LogP contribution is -2.27. The number of nitrogens with one attached hydrogen (secondary N) is 1. The normalized spacial score (nSPS) is 9.91. The number of nitro groups is 1. The van der Waals surface area contributed by atoms with Crippen LogP contribution in [0.4, 0.5) is 16.3 Å². The Balaban J connectivity index is 2.12. The molecule has 0 atom stereocenters. The quantitative estimate of drug-likeness (QED) is 0.685. The van der Waals surface area contributed by atoms with Gasteiger partial charge in [-0.3, -0.25) is 0 Å². The van der Waals surface area contributed by atoms with Crippen molar-refractivity contribution in [2.45, 2.75) is 0 Å². The number of ether oxygens (including phenoxy) is 1. The standard InChI is InChI=1S/C13H13N5O4/c1-17(2)13(19)15-9-3-5-10(6-4-9)22-11-7-8-14-16-12(11)18(20)21/h3-8H,1-2H3,(H,15,19). The predicted molar refractivity (Wildman–Crippen MR) is 77.9 cm³/mol. The largest absolute Gasteiger partial charge is 0.448 e. The molecular formula is C13H13N5O4. The number of carbonyl (C=O) groups is 1. The number of aromatic nitrogens is 2. The van der Waals surface area contributed by atoms with Crippen molar-refractivity contribution in [1.82, 2.24) is 15.1 Å². The molecular weight excluding hydrogens is 290 g/mol. The van der Waals surface area contributed by atoms with Crippen LogP contribution in [0.3, 0.4) is 0 Å². The molecule has 9 heteroatoms. The van der Waals surface area contributed by atoms with Gasteiger partial charge in [-0.05, 0) is 34.3 Å². The van der Waals surface area contributed by atoms with Crippen molar-refractivity contribution in [3.8, 4) is 11.5 Å². The highest BCUT2D eigenvalue weighted by Crippen LogP contribution is 2.28. The van der Waals surface area contributed by atoms with E-state index in [1.54, 1.807) is 38.4 Å². The van der Waals surface area contributed by atoms with E-state index in [0.29, 0.717) is 11.4 Å². The van der Waals surface area contributed by atoms with Gasteiger partial charge in [-0.25, -0.2) is 4.79 Å². The highest BCUT2D eigenvalue weighted by atomic mass is 16.6. The number of hydrogen-bond acceptors (Lipinski definition) is 6. The number of amides is 2. The van der Waals surface area contributed by atoms with Crippen LogP contribution in [0.2, 0.25) is 0 Å².